The Morgan fingerprint density at radius 3 is 2.50 bits per heavy atom. The van der Waals surface area contributed by atoms with Crippen LogP contribution in [0.25, 0.3) is 0 Å². The molecule has 0 unspecified atom stereocenters. The van der Waals surface area contributed by atoms with Gasteiger partial charge in [0, 0.05) is 0 Å². The lowest BCUT2D eigenvalue weighted by atomic mass is 10.0. The summed E-state index contributed by atoms with van der Waals surface area (Å²) in [7, 11) is 0. The minimum Gasteiger partial charge on any atom is -0.393 e. The standard InChI is InChI=1S/C7H15NO.ClH/c8-5-4-6-2-1-3-7(6)9;/h6-7,9H,1-5,8H2;1H/t6-,7-;/m0./s1. The molecule has 2 atom stereocenters. The number of halogens is 1. The van der Waals surface area contributed by atoms with Gasteiger partial charge >= 0.3 is 0 Å². The van der Waals surface area contributed by atoms with Gasteiger partial charge in [0.05, 0.1) is 6.10 Å². The lowest BCUT2D eigenvalue weighted by Crippen LogP contribution is -2.16. The van der Waals surface area contributed by atoms with Crippen molar-refractivity contribution in [3.8, 4) is 0 Å². The third kappa shape index (κ3) is 2.45. The molecule has 3 heteroatoms. The normalized spacial score (nSPS) is 31.8. The smallest absolute Gasteiger partial charge is 0.0568 e. The SMILES string of the molecule is Cl.NCC[C@@H]1CCC[C@@H]1O. The summed E-state index contributed by atoms with van der Waals surface area (Å²) in [6.45, 7) is 0.724. The van der Waals surface area contributed by atoms with Crippen LogP contribution in [-0.4, -0.2) is 17.8 Å². The quantitative estimate of drug-likeness (QED) is 0.639. The number of rotatable bonds is 2. The van der Waals surface area contributed by atoms with Crippen molar-refractivity contribution in [2.75, 3.05) is 6.54 Å². The van der Waals surface area contributed by atoms with Crippen LogP contribution in [-0.2, 0) is 0 Å². The summed E-state index contributed by atoms with van der Waals surface area (Å²) in [4.78, 5) is 0. The summed E-state index contributed by atoms with van der Waals surface area (Å²) in [5.41, 5.74) is 5.36. The molecule has 1 aliphatic carbocycles. The first kappa shape index (κ1) is 10.2. The second-order valence-electron chi connectivity index (χ2n) is 2.84. The first-order valence-corrected chi connectivity index (χ1v) is 3.72. The van der Waals surface area contributed by atoms with Crippen LogP contribution >= 0.6 is 12.4 Å². The highest BCUT2D eigenvalue weighted by Crippen LogP contribution is 2.27. The second-order valence-corrected chi connectivity index (χ2v) is 2.84. The highest BCUT2D eigenvalue weighted by molar-refractivity contribution is 5.85. The number of hydrogen-bond acceptors (Lipinski definition) is 2. The molecule has 0 amide bonds. The molecule has 1 saturated carbocycles. The lowest BCUT2D eigenvalue weighted by Gasteiger charge is -2.11. The van der Waals surface area contributed by atoms with Crippen molar-refractivity contribution in [2.45, 2.75) is 31.8 Å². The molecule has 1 fully saturated rings. The highest BCUT2D eigenvalue weighted by Gasteiger charge is 2.23. The van der Waals surface area contributed by atoms with Gasteiger partial charge in [0.1, 0.15) is 0 Å². The Morgan fingerprint density at radius 1 is 1.40 bits per heavy atom. The average Bonchev–Trinajstić information content (AvgIpc) is 2.18. The molecular formula is C7H16ClNO. The molecule has 0 radical (unpaired) electrons. The third-order valence-corrected chi connectivity index (χ3v) is 2.16. The summed E-state index contributed by atoms with van der Waals surface area (Å²) in [5, 5.41) is 9.26. The molecule has 0 aromatic carbocycles. The minimum atomic E-state index is -0.0476. The van der Waals surface area contributed by atoms with E-state index >= 15 is 0 Å². The second kappa shape index (κ2) is 4.94. The predicted molar refractivity (Wildman–Crippen MR) is 44.3 cm³/mol. The van der Waals surface area contributed by atoms with Gasteiger partial charge in [-0.2, -0.15) is 0 Å². The van der Waals surface area contributed by atoms with Crippen LogP contribution < -0.4 is 5.73 Å². The molecule has 0 bridgehead atoms. The first-order chi connectivity index (χ1) is 4.34. The van der Waals surface area contributed by atoms with Gasteiger partial charge in [-0.3, -0.25) is 0 Å². The lowest BCUT2D eigenvalue weighted by molar-refractivity contribution is 0.129. The molecule has 0 aromatic rings. The van der Waals surface area contributed by atoms with Crippen LogP contribution in [0.1, 0.15) is 25.7 Å². The van der Waals surface area contributed by atoms with Crippen molar-refractivity contribution in [1.29, 1.82) is 0 Å². The fraction of sp³-hybridized carbons (Fsp3) is 1.00. The van der Waals surface area contributed by atoms with E-state index in [2.05, 4.69) is 0 Å². The number of aliphatic hydroxyl groups excluding tert-OH is 1. The van der Waals surface area contributed by atoms with Crippen molar-refractivity contribution >= 4 is 12.4 Å². The highest BCUT2D eigenvalue weighted by atomic mass is 35.5. The molecule has 0 spiro atoms. The van der Waals surface area contributed by atoms with Gasteiger partial charge in [-0.1, -0.05) is 6.42 Å². The maximum Gasteiger partial charge on any atom is 0.0568 e. The van der Waals surface area contributed by atoms with Crippen LogP contribution in [0.3, 0.4) is 0 Å². The van der Waals surface area contributed by atoms with Gasteiger partial charge in [-0.05, 0) is 31.7 Å². The van der Waals surface area contributed by atoms with Crippen LogP contribution in [0.4, 0.5) is 0 Å². The van der Waals surface area contributed by atoms with E-state index in [1.165, 1.54) is 12.8 Å². The van der Waals surface area contributed by atoms with E-state index in [1.807, 2.05) is 0 Å². The van der Waals surface area contributed by atoms with Crippen LogP contribution in [0.15, 0.2) is 0 Å². The van der Waals surface area contributed by atoms with E-state index in [1.54, 1.807) is 0 Å². The molecule has 10 heavy (non-hydrogen) atoms. The summed E-state index contributed by atoms with van der Waals surface area (Å²) in [6, 6.07) is 0. The fourth-order valence-electron chi connectivity index (χ4n) is 1.57. The Morgan fingerprint density at radius 2 is 2.10 bits per heavy atom. The Balaban J connectivity index is 0.000000810. The molecule has 0 saturated heterocycles. The van der Waals surface area contributed by atoms with Gasteiger partial charge in [0.25, 0.3) is 0 Å². The molecule has 1 aliphatic rings. The number of aliphatic hydroxyl groups is 1. The topological polar surface area (TPSA) is 46.2 Å². The van der Waals surface area contributed by atoms with Crippen molar-refractivity contribution < 1.29 is 5.11 Å². The third-order valence-electron chi connectivity index (χ3n) is 2.16. The molecule has 0 aliphatic heterocycles. The van der Waals surface area contributed by atoms with Crippen molar-refractivity contribution in [3.63, 3.8) is 0 Å². The van der Waals surface area contributed by atoms with Crippen LogP contribution in [0.2, 0.25) is 0 Å². The van der Waals surface area contributed by atoms with Crippen molar-refractivity contribution in [2.24, 2.45) is 11.7 Å². The van der Waals surface area contributed by atoms with Gasteiger partial charge in [0.15, 0.2) is 0 Å². The number of hydrogen-bond donors (Lipinski definition) is 2. The molecule has 2 nitrogen and oxygen atoms in total. The zero-order valence-corrected chi connectivity index (χ0v) is 6.94. The summed E-state index contributed by atoms with van der Waals surface area (Å²) < 4.78 is 0. The van der Waals surface area contributed by atoms with Gasteiger partial charge in [0.2, 0.25) is 0 Å². The van der Waals surface area contributed by atoms with E-state index < -0.39 is 0 Å². The molecule has 0 heterocycles. The molecule has 3 N–H and O–H groups in total. The molecule has 1 rings (SSSR count). The van der Waals surface area contributed by atoms with Gasteiger partial charge in [-0.15, -0.1) is 12.4 Å². The van der Waals surface area contributed by atoms with E-state index in [0.29, 0.717) is 5.92 Å². The zero-order chi connectivity index (χ0) is 6.69. The van der Waals surface area contributed by atoms with Crippen LogP contribution in [0, 0.1) is 5.92 Å². The van der Waals surface area contributed by atoms with E-state index in [-0.39, 0.29) is 18.5 Å². The Kier molecular flexibility index (Phi) is 5.04. The Hall–Kier alpha value is 0.210. The Bertz CT molecular complexity index is 89.7. The van der Waals surface area contributed by atoms with E-state index in [9.17, 15) is 5.11 Å². The summed E-state index contributed by atoms with van der Waals surface area (Å²) in [6.07, 6.45) is 4.31. The van der Waals surface area contributed by atoms with Crippen LogP contribution in [0.5, 0.6) is 0 Å². The maximum absolute atomic E-state index is 9.26. The number of nitrogens with two attached hydrogens (primary N) is 1. The zero-order valence-electron chi connectivity index (χ0n) is 6.12. The Labute approximate surface area is 68.2 Å². The first-order valence-electron chi connectivity index (χ1n) is 3.72. The molecule has 0 aromatic heterocycles. The summed E-state index contributed by atoms with van der Waals surface area (Å²) >= 11 is 0. The van der Waals surface area contributed by atoms with Gasteiger partial charge in [-0.25, -0.2) is 0 Å². The van der Waals surface area contributed by atoms with Crippen molar-refractivity contribution in [1.82, 2.24) is 0 Å². The average molecular weight is 166 g/mol. The van der Waals surface area contributed by atoms with E-state index in [4.69, 9.17) is 5.73 Å². The van der Waals surface area contributed by atoms with Crippen molar-refractivity contribution in [3.05, 3.63) is 0 Å². The molecule has 62 valence electrons. The maximum atomic E-state index is 9.26. The predicted octanol–water partition coefficient (Wildman–Crippen LogP) is 0.918. The van der Waals surface area contributed by atoms with E-state index in [0.717, 1.165) is 19.4 Å². The summed E-state index contributed by atoms with van der Waals surface area (Å²) in [5.74, 6) is 0.509. The fourth-order valence-corrected chi connectivity index (χ4v) is 1.57. The van der Waals surface area contributed by atoms with Gasteiger partial charge < -0.3 is 10.8 Å². The minimum absolute atomic E-state index is 0. The monoisotopic (exact) mass is 165 g/mol. The largest absolute Gasteiger partial charge is 0.393 e. The molecular weight excluding hydrogens is 150 g/mol.